The van der Waals surface area contributed by atoms with Crippen molar-refractivity contribution < 1.29 is 19.1 Å². The lowest BCUT2D eigenvalue weighted by Crippen LogP contribution is -2.42. The number of halogens is 1. The average molecular weight is 281 g/mol. The first kappa shape index (κ1) is 16.1. The number of rotatable bonds is 6. The van der Waals surface area contributed by atoms with Crippen LogP contribution in [0.4, 0.5) is 4.39 Å². The minimum atomic E-state index is -1.04. The molecule has 20 heavy (non-hydrogen) atoms. The third-order valence-corrected chi connectivity index (χ3v) is 3.51. The van der Waals surface area contributed by atoms with E-state index in [1.165, 1.54) is 24.9 Å². The maximum absolute atomic E-state index is 13.5. The molecule has 2 unspecified atom stereocenters. The molecule has 0 fully saturated rings. The number of benzene rings is 1. The predicted molar refractivity (Wildman–Crippen MR) is 73.8 cm³/mol. The summed E-state index contributed by atoms with van der Waals surface area (Å²) < 4.78 is 13.5. The molecule has 110 valence electrons. The zero-order chi connectivity index (χ0) is 15.3. The standard InChI is InChI=1S/C15H20FNO3/c1-10(14(18)17(3)11(2)15(19)20)8-9-12-6-4-5-7-13(12)16/h4-7,10-11H,8-9H2,1-3H3,(H,19,20). The number of aliphatic carboxylic acids is 1. The van der Waals surface area contributed by atoms with E-state index in [-0.39, 0.29) is 17.6 Å². The van der Waals surface area contributed by atoms with Crippen LogP contribution in [0.15, 0.2) is 24.3 Å². The Morgan fingerprint density at radius 3 is 2.45 bits per heavy atom. The Morgan fingerprint density at radius 1 is 1.30 bits per heavy atom. The molecular weight excluding hydrogens is 261 g/mol. The predicted octanol–water partition coefficient (Wildman–Crippen LogP) is 2.33. The van der Waals surface area contributed by atoms with Crippen LogP contribution < -0.4 is 0 Å². The number of carbonyl (C=O) groups excluding carboxylic acids is 1. The summed E-state index contributed by atoms with van der Waals surface area (Å²) in [7, 11) is 1.47. The van der Waals surface area contributed by atoms with Gasteiger partial charge in [0.05, 0.1) is 0 Å². The molecule has 0 aromatic heterocycles. The van der Waals surface area contributed by atoms with E-state index in [4.69, 9.17) is 5.11 Å². The summed E-state index contributed by atoms with van der Waals surface area (Å²) in [5.41, 5.74) is 0.570. The second-order valence-corrected chi connectivity index (χ2v) is 4.99. The highest BCUT2D eigenvalue weighted by molar-refractivity contribution is 5.84. The molecule has 0 heterocycles. The molecule has 0 radical (unpaired) electrons. The summed E-state index contributed by atoms with van der Waals surface area (Å²) in [5.74, 6) is -1.90. The van der Waals surface area contributed by atoms with E-state index in [0.717, 1.165) is 0 Å². The first-order valence-electron chi connectivity index (χ1n) is 6.57. The van der Waals surface area contributed by atoms with Gasteiger partial charge in [-0.25, -0.2) is 9.18 Å². The van der Waals surface area contributed by atoms with Crippen LogP contribution in [0, 0.1) is 11.7 Å². The molecule has 1 aromatic rings. The molecule has 0 spiro atoms. The highest BCUT2D eigenvalue weighted by Gasteiger charge is 2.25. The van der Waals surface area contributed by atoms with Gasteiger partial charge in [-0.1, -0.05) is 25.1 Å². The molecule has 0 aliphatic heterocycles. The zero-order valence-electron chi connectivity index (χ0n) is 12.0. The molecule has 0 aliphatic carbocycles. The van der Waals surface area contributed by atoms with Crippen molar-refractivity contribution in [2.24, 2.45) is 5.92 Å². The fourth-order valence-corrected chi connectivity index (χ4v) is 1.90. The number of hydrogen-bond donors (Lipinski definition) is 1. The number of nitrogens with zero attached hydrogens (tertiary/aromatic N) is 1. The van der Waals surface area contributed by atoms with E-state index in [0.29, 0.717) is 18.4 Å². The van der Waals surface area contributed by atoms with Gasteiger partial charge in [0.1, 0.15) is 11.9 Å². The van der Waals surface area contributed by atoms with Gasteiger partial charge >= 0.3 is 5.97 Å². The van der Waals surface area contributed by atoms with E-state index >= 15 is 0 Å². The van der Waals surface area contributed by atoms with E-state index in [2.05, 4.69) is 0 Å². The van der Waals surface area contributed by atoms with Crippen LogP contribution in [-0.2, 0) is 16.0 Å². The van der Waals surface area contributed by atoms with Gasteiger partial charge in [-0.15, -0.1) is 0 Å². The fourth-order valence-electron chi connectivity index (χ4n) is 1.90. The van der Waals surface area contributed by atoms with Gasteiger partial charge < -0.3 is 10.0 Å². The lowest BCUT2D eigenvalue weighted by molar-refractivity contribution is -0.149. The summed E-state index contributed by atoms with van der Waals surface area (Å²) in [6.07, 6.45) is 0.936. The van der Waals surface area contributed by atoms with Crippen molar-refractivity contribution in [3.8, 4) is 0 Å². The maximum Gasteiger partial charge on any atom is 0.326 e. The third-order valence-electron chi connectivity index (χ3n) is 3.51. The lowest BCUT2D eigenvalue weighted by Gasteiger charge is -2.24. The summed E-state index contributed by atoms with van der Waals surface area (Å²) in [4.78, 5) is 24.1. The minimum absolute atomic E-state index is 0.240. The molecule has 2 atom stereocenters. The number of carboxylic acid groups (broad SMARTS) is 1. The molecule has 0 bridgehead atoms. The molecule has 5 heteroatoms. The first-order chi connectivity index (χ1) is 9.34. The van der Waals surface area contributed by atoms with E-state index < -0.39 is 12.0 Å². The van der Waals surface area contributed by atoms with Crippen molar-refractivity contribution in [2.75, 3.05) is 7.05 Å². The van der Waals surface area contributed by atoms with Crippen molar-refractivity contribution in [1.29, 1.82) is 0 Å². The van der Waals surface area contributed by atoms with Gasteiger partial charge in [0, 0.05) is 13.0 Å². The molecule has 1 aromatic carbocycles. The highest BCUT2D eigenvalue weighted by Crippen LogP contribution is 2.15. The van der Waals surface area contributed by atoms with Gasteiger partial charge in [-0.05, 0) is 31.4 Å². The Labute approximate surface area is 118 Å². The first-order valence-corrected chi connectivity index (χ1v) is 6.57. The van der Waals surface area contributed by atoms with Crippen LogP contribution in [0.25, 0.3) is 0 Å². The van der Waals surface area contributed by atoms with Gasteiger partial charge in [-0.3, -0.25) is 4.79 Å². The summed E-state index contributed by atoms with van der Waals surface area (Å²) in [6.45, 7) is 3.19. The Balaban J connectivity index is 2.58. The molecule has 0 saturated carbocycles. The van der Waals surface area contributed by atoms with Crippen LogP contribution in [0.1, 0.15) is 25.8 Å². The molecular formula is C15H20FNO3. The van der Waals surface area contributed by atoms with Crippen LogP contribution in [0.5, 0.6) is 0 Å². The topological polar surface area (TPSA) is 57.6 Å². The van der Waals surface area contributed by atoms with Gasteiger partial charge in [0.15, 0.2) is 0 Å². The Bertz CT molecular complexity index is 490. The third kappa shape index (κ3) is 4.05. The van der Waals surface area contributed by atoms with Crippen LogP contribution in [0.3, 0.4) is 0 Å². The van der Waals surface area contributed by atoms with Crippen molar-refractivity contribution in [3.63, 3.8) is 0 Å². The van der Waals surface area contributed by atoms with Crippen LogP contribution in [-0.4, -0.2) is 35.0 Å². The number of carboxylic acids is 1. The van der Waals surface area contributed by atoms with Crippen LogP contribution in [0.2, 0.25) is 0 Å². The Morgan fingerprint density at radius 2 is 1.90 bits per heavy atom. The van der Waals surface area contributed by atoms with E-state index in [1.807, 2.05) is 0 Å². The van der Waals surface area contributed by atoms with Crippen molar-refractivity contribution in [3.05, 3.63) is 35.6 Å². The van der Waals surface area contributed by atoms with E-state index in [9.17, 15) is 14.0 Å². The van der Waals surface area contributed by atoms with E-state index in [1.54, 1.807) is 25.1 Å². The molecule has 4 nitrogen and oxygen atoms in total. The number of amides is 1. The maximum atomic E-state index is 13.5. The fraction of sp³-hybridized carbons (Fsp3) is 0.467. The normalized spacial score (nSPS) is 13.6. The monoisotopic (exact) mass is 281 g/mol. The Kier molecular flexibility index (Phi) is 5.67. The van der Waals surface area contributed by atoms with Gasteiger partial charge in [-0.2, -0.15) is 0 Å². The minimum Gasteiger partial charge on any atom is -0.480 e. The number of likely N-dealkylation sites (N-methyl/N-ethyl adjacent to an activating group) is 1. The number of carbonyl (C=O) groups is 2. The average Bonchev–Trinajstić information content (AvgIpc) is 2.43. The number of aryl methyl sites for hydroxylation is 1. The second-order valence-electron chi connectivity index (χ2n) is 4.99. The summed E-state index contributed by atoms with van der Waals surface area (Å²) in [6, 6.07) is 5.59. The quantitative estimate of drug-likeness (QED) is 0.870. The highest BCUT2D eigenvalue weighted by atomic mass is 19.1. The van der Waals surface area contributed by atoms with Crippen LogP contribution >= 0.6 is 0 Å². The van der Waals surface area contributed by atoms with Crippen molar-refractivity contribution >= 4 is 11.9 Å². The summed E-state index contributed by atoms with van der Waals surface area (Å²) in [5, 5.41) is 8.88. The van der Waals surface area contributed by atoms with Gasteiger partial charge in [0.25, 0.3) is 0 Å². The SMILES string of the molecule is CC(CCc1ccccc1F)C(=O)N(C)C(C)C(=O)O. The summed E-state index contributed by atoms with van der Waals surface area (Å²) >= 11 is 0. The molecule has 0 aliphatic rings. The molecule has 0 saturated heterocycles. The van der Waals surface area contributed by atoms with Crippen molar-refractivity contribution in [2.45, 2.75) is 32.7 Å². The largest absolute Gasteiger partial charge is 0.480 e. The lowest BCUT2D eigenvalue weighted by atomic mass is 9.99. The molecule has 1 rings (SSSR count). The van der Waals surface area contributed by atoms with Gasteiger partial charge in [0.2, 0.25) is 5.91 Å². The second kappa shape index (κ2) is 7.03. The molecule has 1 N–H and O–H groups in total. The molecule has 1 amide bonds. The smallest absolute Gasteiger partial charge is 0.326 e. The Hall–Kier alpha value is -1.91. The number of hydrogen-bond acceptors (Lipinski definition) is 2. The zero-order valence-corrected chi connectivity index (χ0v) is 12.0. The van der Waals surface area contributed by atoms with Crippen molar-refractivity contribution in [1.82, 2.24) is 4.90 Å².